The Kier molecular flexibility index (Phi) is 7.27. The largest absolute Gasteiger partial charge is 0.493 e. The van der Waals surface area contributed by atoms with E-state index in [1.54, 1.807) is 30.3 Å². The zero-order valence-corrected chi connectivity index (χ0v) is 16.9. The van der Waals surface area contributed by atoms with Gasteiger partial charge in [0.25, 0.3) is 5.91 Å². The van der Waals surface area contributed by atoms with Crippen LogP contribution in [-0.4, -0.2) is 30.8 Å². The second-order valence-corrected chi connectivity index (χ2v) is 6.41. The number of amides is 1. The number of pyridine rings is 1. The summed E-state index contributed by atoms with van der Waals surface area (Å²) < 4.78 is 48.5. The number of hydrogen-bond donors (Lipinski definition) is 2. The third kappa shape index (κ3) is 6.46. The number of nitrogens with zero attached hydrogens (tertiary/aromatic N) is 2. The second kappa shape index (κ2) is 10.3. The number of nitrogens with one attached hydrogen (secondary N) is 2. The first-order valence-corrected chi connectivity index (χ1v) is 9.33. The van der Waals surface area contributed by atoms with Gasteiger partial charge in [-0.1, -0.05) is 18.2 Å². The van der Waals surface area contributed by atoms with E-state index in [0.717, 1.165) is 12.3 Å². The van der Waals surface area contributed by atoms with E-state index in [9.17, 15) is 18.0 Å². The standard InChI is InChI=1S/C22H19F3N4O3/c1-31-19-11-15(12-27-29-20-10-8-16(13-26-20)22(23,24)25)7-9-18(19)32-14-21(30)28-17-5-3-2-4-6-17/h2-13H,14H2,1H3,(H,26,29)(H,28,30)/b27-12-. The molecule has 0 aliphatic rings. The van der Waals surface area contributed by atoms with Crippen LogP contribution in [0.25, 0.3) is 0 Å². The summed E-state index contributed by atoms with van der Waals surface area (Å²) in [6.45, 7) is -0.208. The lowest BCUT2D eigenvalue weighted by molar-refractivity contribution is -0.137. The number of methoxy groups -OCH3 is 1. The first-order chi connectivity index (χ1) is 15.3. The number of anilines is 2. The van der Waals surface area contributed by atoms with Crippen molar-refractivity contribution < 1.29 is 27.4 Å². The first-order valence-electron chi connectivity index (χ1n) is 9.33. The van der Waals surface area contributed by atoms with E-state index in [0.29, 0.717) is 22.7 Å². The van der Waals surface area contributed by atoms with E-state index in [1.165, 1.54) is 19.4 Å². The van der Waals surface area contributed by atoms with Gasteiger partial charge in [-0.05, 0) is 48.0 Å². The Balaban J connectivity index is 1.56. The Bertz CT molecular complexity index is 1070. The Labute approximate surface area is 181 Å². The van der Waals surface area contributed by atoms with Gasteiger partial charge in [-0.25, -0.2) is 4.98 Å². The molecular formula is C22H19F3N4O3. The van der Waals surface area contributed by atoms with Crippen molar-refractivity contribution in [2.75, 3.05) is 24.5 Å². The minimum Gasteiger partial charge on any atom is -0.493 e. The average molecular weight is 444 g/mol. The summed E-state index contributed by atoms with van der Waals surface area (Å²) in [6, 6.07) is 16.0. The number of hydrogen-bond acceptors (Lipinski definition) is 6. The number of ether oxygens (including phenoxy) is 2. The highest BCUT2D eigenvalue weighted by atomic mass is 19.4. The number of aromatic nitrogens is 1. The van der Waals surface area contributed by atoms with Gasteiger partial charge < -0.3 is 14.8 Å². The van der Waals surface area contributed by atoms with E-state index in [1.807, 2.05) is 18.2 Å². The van der Waals surface area contributed by atoms with Crippen LogP contribution in [0, 0.1) is 0 Å². The predicted octanol–water partition coefficient (Wildman–Crippen LogP) is 4.57. The monoisotopic (exact) mass is 444 g/mol. The van der Waals surface area contributed by atoms with Gasteiger partial charge in [0.15, 0.2) is 18.1 Å². The number of hydrazone groups is 1. The van der Waals surface area contributed by atoms with Crippen LogP contribution in [0.3, 0.4) is 0 Å². The van der Waals surface area contributed by atoms with Gasteiger partial charge >= 0.3 is 6.18 Å². The molecule has 166 valence electrons. The Morgan fingerprint density at radius 3 is 2.53 bits per heavy atom. The van der Waals surface area contributed by atoms with Gasteiger partial charge in [0.1, 0.15) is 5.82 Å². The molecule has 2 N–H and O–H groups in total. The molecule has 0 atom stereocenters. The Morgan fingerprint density at radius 2 is 1.88 bits per heavy atom. The Hall–Kier alpha value is -4.08. The van der Waals surface area contributed by atoms with Crippen LogP contribution in [0.1, 0.15) is 11.1 Å². The fourth-order valence-corrected chi connectivity index (χ4v) is 2.55. The molecule has 3 rings (SSSR count). The quantitative estimate of drug-likeness (QED) is 0.393. The van der Waals surface area contributed by atoms with Crippen LogP contribution in [-0.2, 0) is 11.0 Å². The maximum Gasteiger partial charge on any atom is 0.417 e. The predicted molar refractivity (Wildman–Crippen MR) is 114 cm³/mol. The number of para-hydroxylation sites is 1. The average Bonchev–Trinajstić information content (AvgIpc) is 2.78. The summed E-state index contributed by atoms with van der Waals surface area (Å²) in [5.74, 6) is 0.585. The summed E-state index contributed by atoms with van der Waals surface area (Å²) >= 11 is 0. The van der Waals surface area contributed by atoms with E-state index in [-0.39, 0.29) is 18.3 Å². The molecule has 0 radical (unpaired) electrons. The minimum atomic E-state index is -4.45. The molecule has 0 bridgehead atoms. The van der Waals surface area contributed by atoms with Crippen LogP contribution < -0.4 is 20.2 Å². The van der Waals surface area contributed by atoms with E-state index in [4.69, 9.17) is 9.47 Å². The molecule has 1 aromatic heterocycles. The fourth-order valence-electron chi connectivity index (χ4n) is 2.55. The third-order valence-corrected chi connectivity index (χ3v) is 4.09. The summed E-state index contributed by atoms with van der Waals surface area (Å²) in [7, 11) is 1.46. The molecule has 1 heterocycles. The van der Waals surface area contributed by atoms with Gasteiger partial charge in [-0.15, -0.1) is 0 Å². The van der Waals surface area contributed by atoms with E-state index < -0.39 is 11.7 Å². The Morgan fingerprint density at radius 1 is 1.09 bits per heavy atom. The topological polar surface area (TPSA) is 84.8 Å². The molecule has 3 aromatic rings. The summed E-state index contributed by atoms with van der Waals surface area (Å²) in [4.78, 5) is 15.7. The lowest BCUT2D eigenvalue weighted by Crippen LogP contribution is -2.20. The van der Waals surface area contributed by atoms with Gasteiger partial charge in [-0.2, -0.15) is 18.3 Å². The van der Waals surface area contributed by atoms with Crippen LogP contribution in [0.15, 0.2) is 72.0 Å². The summed E-state index contributed by atoms with van der Waals surface area (Å²) in [6.07, 6.45) is -2.29. The molecule has 0 saturated heterocycles. The highest BCUT2D eigenvalue weighted by molar-refractivity contribution is 5.91. The maximum absolute atomic E-state index is 12.6. The molecule has 1 amide bonds. The number of benzene rings is 2. The molecular weight excluding hydrogens is 425 g/mol. The highest BCUT2D eigenvalue weighted by Gasteiger charge is 2.30. The SMILES string of the molecule is COc1cc(/C=N\Nc2ccc(C(F)(F)F)cn2)ccc1OCC(=O)Nc1ccccc1. The molecule has 0 spiro atoms. The molecule has 0 fully saturated rings. The van der Waals surface area contributed by atoms with Crippen molar-refractivity contribution in [1.82, 2.24) is 4.98 Å². The van der Waals surface area contributed by atoms with Gasteiger partial charge in [0.05, 0.1) is 18.9 Å². The summed E-state index contributed by atoms with van der Waals surface area (Å²) in [5, 5.41) is 6.66. The van der Waals surface area contributed by atoms with Crippen molar-refractivity contribution in [3.8, 4) is 11.5 Å². The van der Waals surface area contributed by atoms with Crippen molar-refractivity contribution in [3.05, 3.63) is 78.0 Å². The molecule has 0 unspecified atom stereocenters. The van der Waals surface area contributed by atoms with Crippen molar-refractivity contribution in [1.29, 1.82) is 0 Å². The molecule has 32 heavy (non-hydrogen) atoms. The van der Waals surface area contributed by atoms with E-state index in [2.05, 4.69) is 20.8 Å². The zero-order valence-electron chi connectivity index (χ0n) is 16.9. The van der Waals surface area contributed by atoms with Crippen LogP contribution in [0.5, 0.6) is 11.5 Å². The number of halogens is 3. The number of carbonyl (C=O) groups excluding carboxylic acids is 1. The third-order valence-electron chi connectivity index (χ3n) is 4.09. The smallest absolute Gasteiger partial charge is 0.417 e. The number of alkyl halides is 3. The van der Waals surface area contributed by atoms with Crippen LogP contribution in [0.2, 0.25) is 0 Å². The van der Waals surface area contributed by atoms with Crippen molar-refractivity contribution in [3.63, 3.8) is 0 Å². The maximum atomic E-state index is 12.6. The number of rotatable bonds is 8. The van der Waals surface area contributed by atoms with Gasteiger partial charge in [0, 0.05) is 11.9 Å². The lowest BCUT2D eigenvalue weighted by Gasteiger charge is -2.11. The molecule has 10 heteroatoms. The lowest BCUT2D eigenvalue weighted by atomic mass is 10.2. The number of carbonyl (C=O) groups is 1. The molecule has 0 aliphatic heterocycles. The molecule has 2 aromatic carbocycles. The first kappa shape index (κ1) is 22.6. The van der Waals surface area contributed by atoms with Crippen LogP contribution in [0.4, 0.5) is 24.7 Å². The highest BCUT2D eigenvalue weighted by Crippen LogP contribution is 2.29. The van der Waals surface area contributed by atoms with Gasteiger partial charge in [0.2, 0.25) is 0 Å². The van der Waals surface area contributed by atoms with Crippen molar-refractivity contribution in [2.45, 2.75) is 6.18 Å². The molecule has 7 nitrogen and oxygen atoms in total. The molecule has 0 saturated carbocycles. The van der Waals surface area contributed by atoms with Crippen LogP contribution >= 0.6 is 0 Å². The second-order valence-electron chi connectivity index (χ2n) is 6.41. The zero-order chi connectivity index (χ0) is 23.0. The molecule has 0 aliphatic carbocycles. The minimum absolute atomic E-state index is 0.158. The summed E-state index contributed by atoms with van der Waals surface area (Å²) in [5.41, 5.74) is 3.00. The van der Waals surface area contributed by atoms with E-state index >= 15 is 0 Å². The van der Waals surface area contributed by atoms with Gasteiger partial charge in [-0.3, -0.25) is 10.2 Å². The van der Waals surface area contributed by atoms with Crippen molar-refractivity contribution >= 4 is 23.6 Å². The normalized spacial score (nSPS) is 11.2. The van der Waals surface area contributed by atoms with Crippen molar-refractivity contribution in [2.24, 2.45) is 5.10 Å². The fraction of sp³-hybridized carbons (Fsp3) is 0.136.